The van der Waals surface area contributed by atoms with Gasteiger partial charge in [-0.3, -0.25) is 4.98 Å². The molecular formula is C17H15Cl2N5. The SMILES string of the molecule is CCNc1nc(Nc2c(Cl)cccc2Cl)cc(-c2ccccn2)n1. The number of nitrogens with zero attached hydrogens (tertiary/aromatic N) is 3. The number of benzene rings is 1. The molecule has 2 N–H and O–H groups in total. The zero-order valence-electron chi connectivity index (χ0n) is 12.9. The summed E-state index contributed by atoms with van der Waals surface area (Å²) in [4.78, 5) is 13.3. The molecule has 0 aliphatic rings. The molecule has 122 valence electrons. The van der Waals surface area contributed by atoms with Crippen LogP contribution in [0.5, 0.6) is 0 Å². The monoisotopic (exact) mass is 359 g/mol. The summed E-state index contributed by atoms with van der Waals surface area (Å²) in [6.45, 7) is 2.69. The van der Waals surface area contributed by atoms with Crippen LogP contribution in [-0.2, 0) is 0 Å². The highest BCUT2D eigenvalue weighted by atomic mass is 35.5. The highest BCUT2D eigenvalue weighted by Crippen LogP contribution is 2.33. The fourth-order valence-corrected chi connectivity index (χ4v) is 2.63. The molecule has 2 heterocycles. The smallest absolute Gasteiger partial charge is 0.225 e. The molecule has 2 aromatic heterocycles. The highest BCUT2D eigenvalue weighted by Gasteiger charge is 2.11. The van der Waals surface area contributed by atoms with E-state index in [1.807, 2.05) is 31.2 Å². The van der Waals surface area contributed by atoms with E-state index in [9.17, 15) is 0 Å². The Morgan fingerprint density at radius 1 is 0.958 bits per heavy atom. The van der Waals surface area contributed by atoms with Crippen molar-refractivity contribution in [1.82, 2.24) is 15.0 Å². The average Bonchev–Trinajstić information content (AvgIpc) is 2.59. The van der Waals surface area contributed by atoms with Crippen molar-refractivity contribution in [2.45, 2.75) is 6.92 Å². The second-order valence-corrected chi connectivity index (χ2v) is 5.74. The molecule has 0 bridgehead atoms. The Balaban J connectivity index is 2.02. The Morgan fingerprint density at radius 3 is 2.42 bits per heavy atom. The van der Waals surface area contributed by atoms with Crippen LogP contribution >= 0.6 is 23.2 Å². The van der Waals surface area contributed by atoms with Crippen LogP contribution in [-0.4, -0.2) is 21.5 Å². The van der Waals surface area contributed by atoms with Crippen LogP contribution in [0.2, 0.25) is 10.0 Å². The Kier molecular flexibility index (Phi) is 5.13. The van der Waals surface area contributed by atoms with E-state index in [4.69, 9.17) is 23.2 Å². The number of rotatable bonds is 5. The summed E-state index contributed by atoms with van der Waals surface area (Å²) in [6, 6.07) is 12.8. The van der Waals surface area contributed by atoms with Gasteiger partial charge in [0, 0.05) is 18.8 Å². The van der Waals surface area contributed by atoms with Crippen molar-refractivity contribution >= 4 is 40.7 Å². The normalized spacial score (nSPS) is 10.5. The maximum Gasteiger partial charge on any atom is 0.225 e. The van der Waals surface area contributed by atoms with Crippen LogP contribution in [0, 0.1) is 0 Å². The molecule has 0 atom stereocenters. The highest BCUT2D eigenvalue weighted by molar-refractivity contribution is 6.39. The molecule has 5 nitrogen and oxygen atoms in total. The van der Waals surface area contributed by atoms with Crippen LogP contribution < -0.4 is 10.6 Å². The van der Waals surface area contributed by atoms with Crippen molar-refractivity contribution in [1.29, 1.82) is 0 Å². The molecule has 24 heavy (non-hydrogen) atoms. The van der Waals surface area contributed by atoms with Gasteiger partial charge in [0.05, 0.1) is 27.1 Å². The van der Waals surface area contributed by atoms with Crippen LogP contribution in [0.15, 0.2) is 48.7 Å². The van der Waals surface area contributed by atoms with E-state index in [2.05, 4.69) is 25.6 Å². The van der Waals surface area contributed by atoms with Gasteiger partial charge < -0.3 is 10.6 Å². The van der Waals surface area contributed by atoms with Gasteiger partial charge in [0.1, 0.15) is 5.82 Å². The molecule has 0 radical (unpaired) electrons. The molecule has 0 amide bonds. The molecule has 3 rings (SSSR count). The number of pyridine rings is 1. The molecular weight excluding hydrogens is 345 g/mol. The zero-order valence-corrected chi connectivity index (χ0v) is 14.4. The lowest BCUT2D eigenvalue weighted by Crippen LogP contribution is -2.06. The van der Waals surface area contributed by atoms with Gasteiger partial charge in [-0.25, -0.2) is 4.98 Å². The van der Waals surface area contributed by atoms with E-state index >= 15 is 0 Å². The van der Waals surface area contributed by atoms with Gasteiger partial charge in [-0.2, -0.15) is 4.98 Å². The molecule has 0 unspecified atom stereocenters. The average molecular weight is 360 g/mol. The number of hydrogen-bond donors (Lipinski definition) is 2. The molecule has 1 aromatic carbocycles. The Morgan fingerprint density at radius 2 is 1.75 bits per heavy atom. The largest absolute Gasteiger partial charge is 0.354 e. The fraction of sp³-hybridized carbons (Fsp3) is 0.118. The van der Waals surface area contributed by atoms with Gasteiger partial charge in [-0.1, -0.05) is 35.3 Å². The first kappa shape index (κ1) is 16.5. The Labute approximate surface area is 150 Å². The first-order chi connectivity index (χ1) is 11.7. The summed E-state index contributed by atoms with van der Waals surface area (Å²) < 4.78 is 0. The lowest BCUT2D eigenvalue weighted by Gasteiger charge is -2.12. The van der Waals surface area contributed by atoms with Crippen molar-refractivity contribution in [2.24, 2.45) is 0 Å². The van der Waals surface area contributed by atoms with Gasteiger partial charge in [-0.15, -0.1) is 0 Å². The van der Waals surface area contributed by atoms with E-state index in [0.29, 0.717) is 39.7 Å². The van der Waals surface area contributed by atoms with Crippen molar-refractivity contribution in [3.05, 3.63) is 58.7 Å². The van der Waals surface area contributed by atoms with Crippen LogP contribution in [0.25, 0.3) is 11.4 Å². The zero-order chi connectivity index (χ0) is 16.9. The number of hydrogen-bond acceptors (Lipinski definition) is 5. The summed E-state index contributed by atoms with van der Waals surface area (Å²) in [5.41, 5.74) is 2.06. The van der Waals surface area contributed by atoms with Crippen molar-refractivity contribution in [3.63, 3.8) is 0 Å². The summed E-state index contributed by atoms with van der Waals surface area (Å²) in [5, 5.41) is 7.32. The standard InChI is InChI=1S/C17H15Cl2N5/c1-2-20-17-22-14(13-8-3-4-9-21-13)10-15(24-17)23-16-11(18)6-5-7-12(16)19/h3-10H,2H2,1H3,(H2,20,22,23,24). The number of para-hydroxylation sites is 1. The second-order valence-electron chi connectivity index (χ2n) is 4.93. The van der Waals surface area contributed by atoms with E-state index in [0.717, 1.165) is 5.69 Å². The van der Waals surface area contributed by atoms with Gasteiger partial charge >= 0.3 is 0 Å². The minimum absolute atomic E-state index is 0.506. The van der Waals surface area contributed by atoms with Crippen molar-refractivity contribution in [3.8, 4) is 11.4 Å². The maximum atomic E-state index is 6.22. The molecule has 0 aliphatic carbocycles. The van der Waals surface area contributed by atoms with Crippen LogP contribution in [0.3, 0.4) is 0 Å². The first-order valence-electron chi connectivity index (χ1n) is 7.42. The fourth-order valence-electron chi connectivity index (χ4n) is 2.14. The summed E-state index contributed by atoms with van der Waals surface area (Å²) in [7, 11) is 0. The number of anilines is 3. The van der Waals surface area contributed by atoms with Crippen molar-refractivity contribution < 1.29 is 0 Å². The van der Waals surface area contributed by atoms with Gasteiger partial charge in [0.25, 0.3) is 0 Å². The summed E-state index contributed by atoms with van der Waals surface area (Å²) >= 11 is 12.4. The quantitative estimate of drug-likeness (QED) is 0.669. The molecule has 0 aliphatic heterocycles. The molecule has 0 spiro atoms. The molecule has 3 aromatic rings. The third-order valence-corrected chi connectivity index (χ3v) is 3.83. The van der Waals surface area contributed by atoms with E-state index < -0.39 is 0 Å². The van der Waals surface area contributed by atoms with E-state index in [1.54, 1.807) is 24.4 Å². The molecule has 0 saturated heterocycles. The van der Waals surface area contributed by atoms with Gasteiger partial charge in [0.15, 0.2) is 0 Å². The van der Waals surface area contributed by atoms with Crippen molar-refractivity contribution in [2.75, 3.05) is 17.2 Å². The predicted octanol–water partition coefficient (Wildman–Crippen LogP) is 5.02. The van der Waals surface area contributed by atoms with E-state index in [1.165, 1.54) is 0 Å². The lowest BCUT2D eigenvalue weighted by molar-refractivity contribution is 1.08. The minimum Gasteiger partial charge on any atom is -0.354 e. The Bertz CT molecular complexity index is 819. The first-order valence-corrected chi connectivity index (χ1v) is 8.18. The molecule has 7 heteroatoms. The molecule has 0 saturated carbocycles. The molecule has 0 fully saturated rings. The summed E-state index contributed by atoms with van der Waals surface area (Å²) in [6.07, 6.45) is 1.72. The van der Waals surface area contributed by atoms with Gasteiger partial charge in [-0.05, 0) is 31.2 Å². The number of nitrogens with one attached hydrogen (secondary N) is 2. The third-order valence-electron chi connectivity index (χ3n) is 3.20. The predicted molar refractivity (Wildman–Crippen MR) is 99.2 cm³/mol. The van der Waals surface area contributed by atoms with Crippen LogP contribution in [0.4, 0.5) is 17.5 Å². The van der Waals surface area contributed by atoms with Gasteiger partial charge in [0.2, 0.25) is 5.95 Å². The number of halogens is 2. The van der Waals surface area contributed by atoms with Crippen LogP contribution in [0.1, 0.15) is 6.92 Å². The summed E-state index contributed by atoms with van der Waals surface area (Å²) in [5.74, 6) is 1.09. The lowest BCUT2D eigenvalue weighted by atomic mass is 10.2. The minimum atomic E-state index is 0.506. The number of aromatic nitrogens is 3. The maximum absolute atomic E-state index is 6.22. The third kappa shape index (κ3) is 3.75. The van der Waals surface area contributed by atoms with E-state index in [-0.39, 0.29) is 0 Å². The second kappa shape index (κ2) is 7.47. The topological polar surface area (TPSA) is 62.7 Å². The Hall–Kier alpha value is -2.37.